The summed E-state index contributed by atoms with van der Waals surface area (Å²) in [6, 6.07) is -1.02. The van der Waals surface area contributed by atoms with Crippen molar-refractivity contribution in [3.63, 3.8) is 0 Å². The van der Waals surface area contributed by atoms with E-state index in [1.165, 1.54) is 0 Å². The van der Waals surface area contributed by atoms with Gasteiger partial charge in [-0.05, 0) is 12.8 Å². The number of alkyl carbamates (subject to hydrolysis) is 1. The molecule has 0 aromatic heterocycles. The van der Waals surface area contributed by atoms with Crippen LogP contribution in [0.5, 0.6) is 0 Å². The number of rotatable bonds is 5. The lowest BCUT2D eigenvalue weighted by Crippen LogP contribution is -2.48. The van der Waals surface area contributed by atoms with Gasteiger partial charge in [0.05, 0.1) is 5.92 Å². The highest BCUT2D eigenvalue weighted by molar-refractivity contribution is 5.77. The Kier molecular flexibility index (Phi) is 7.15. The molecule has 0 spiro atoms. The Morgan fingerprint density at radius 3 is 2.25 bits per heavy atom. The molecule has 2 N–H and O–H groups in total. The fourth-order valence-electron chi connectivity index (χ4n) is 2.45. The molecule has 2 amide bonds. The van der Waals surface area contributed by atoms with Crippen molar-refractivity contribution in [3.05, 3.63) is 0 Å². The van der Waals surface area contributed by atoms with Crippen LogP contribution in [0, 0.1) is 5.92 Å². The number of hydrogen-bond acceptors (Lipinski definition) is 3. The number of halogens is 6. The Balaban J connectivity index is 2.31. The molecule has 0 aromatic carbocycles. The molecule has 1 rings (SSSR count). The average Bonchev–Trinajstić information content (AvgIpc) is 2.44. The Labute approximate surface area is 134 Å². The molecule has 0 aromatic rings. The van der Waals surface area contributed by atoms with Gasteiger partial charge in [0.15, 0.2) is 6.61 Å². The normalized spacial score (nSPS) is 21.9. The third kappa shape index (κ3) is 7.73. The standard InChI is InChI=1S/C13H18F6N2O3/c14-12(15,16)7-24-11(23)20-6-5-10(22)21-9-4-2-1-3-8(9)13(17,18)19/h8-9H,1-7H2,(H,20,23)(H,21,22)/t8-,9+/m1/s1. The SMILES string of the molecule is O=C(CCNC(=O)OCC(F)(F)F)N[C@H]1CCCC[C@H]1C(F)(F)F. The minimum Gasteiger partial charge on any atom is -0.440 e. The van der Waals surface area contributed by atoms with Crippen LogP contribution in [0.4, 0.5) is 31.1 Å². The quantitative estimate of drug-likeness (QED) is 0.737. The van der Waals surface area contributed by atoms with E-state index in [0.717, 1.165) is 0 Å². The second-order valence-corrected chi connectivity index (χ2v) is 5.47. The summed E-state index contributed by atoms with van der Waals surface area (Å²) in [7, 11) is 0. The summed E-state index contributed by atoms with van der Waals surface area (Å²) in [6.45, 7) is -2.10. The zero-order valence-corrected chi connectivity index (χ0v) is 12.6. The molecular weight excluding hydrogens is 346 g/mol. The number of ether oxygens (including phenoxy) is 1. The van der Waals surface area contributed by atoms with Crippen molar-refractivity contribution >= 4 is 12.0 Å². The number of amides is 2. The Morgan fingerprint density at radius 2 is 1.67 bits per heavy atom. The van der Waals surface area contributed by atoms with Gasteiger partial charge in [-0.3, -0.25) is 4.79 Å². The monoisotopic (exact) mass is 364 g/mol. The van der Waals surface area contributed by atoms with E-state index < -0.39 is 42.9 Å². The fourth-order valence-corrected chi connectivity index (χ4v) is 2.45. The van der Waals surface area contributed by atoms with E-state index in [-0.39, 0.29) is 25.8 Å². The maximum absolute atomic E-state index is 12.9. The van der Waals surface area contributed by atoms with Gasteiger partial charge in [0, 0.05) is 19.0 Å². The molecule has 24 heavy (non-hydrogen) atoms. The smallest absolute Gasteiger partial charge is 0.422 e. The van der Waals surface area contributed by atoms with Crippen LogP contribution >= 0.6 is 0 Å². The van der Waals surface area contributed by atoms with Crippen molar-refractivity contribution in [3.8, 4) is 0 Å². The van der Waals surface area contributed by atoms with Gasteiger partial charge in [-0.15, -0.1) is 0 Å². The number of alkyl halides is 6. The first-order valence-corrected chi connectivity index (χ1v) is 7.32. The molecular formula is C13H18F6N2O3. The van der Waals surface area contributed by atoms with Crippen LogP contribution in [0.1, 0.15) is 32.1 Å². The first-order chi connectivity index (χ1) is 11.0. The van der Waals surface area contributed by atoms with Gasteiger partial charge in [0.2, 0.25) is 5.91 Å². The molecule has 2 atom stereocenters. The topological polar surface area (TPSA) is 67.4 Å². The second-order valence-electron chi connectivity index (χ2n) is 5.47. The third-order valence-electron chi connectivity index (χ3n) is 3.52. The number of nitrogens with one attached hydrogen (secondary N) is 2. The Morgan fingerprint density at radius 1 is 1.04 bits per heavy atom. The van der Waals surface area contributed by atoms with Crippen molar-refractivity contribution in [2.75, 3.05) is 13.2 Å². The Bertz CT molecular complexity index is 438. The lowest BCUT2D eigenvalue weighted by atomic mass is 9.84. The van der Waals surface area contributed by atoms with Crippen LogP contribution < -0.4 is 10.6 Å². The van der Waals surface area contributed by atoms with Crippen LogP contribution in [0.25, 0.3) is 0 Å². The van der Waals surface area contributed by atoms with E-state index in [4.69, 9.17) is 0 Å². The summed E-state index contributed by atoms with van der Waals surface area (Å²) >= 11 is 0. The summed E-state index contributed by atoms with van der Waals surface area (Å²) in [6.07, 6.45) is -9.63. The number of carbonyl (C=O) groups is 2. The molecule has 1 aliphatic rings. The van der Waals surface area contributed by atoms with E-state index in [0.29, 0.717) is 12.8 Å². The molecule has 0 saturated heterocycles. The highest BCUT2D eigenvalue weighted by Gasteiger charge is 2.45. The van der Waals surface area contributed by atoms with Gasteiger partial charge in [-0.2, -0.15) is 26.3 Å². The van der Waals surface area contributed by atoms with Gasteiger partial charge < -0.3 is 15.4 Å². The van der Waals surface area contributed by atoms with E-state index >= 15 is 0 Å². The molecule has 5 nitrogen and oxygen atoms in total. The van der Waals surface area contributed by atoms with Crippen LogP contribution in [-0.4, -0.2) is 43.5 Å². The van der Waals surface area contributed by atoms with E-state index in [1.807, 2.05) is 5.32 Å². The Hall–Kier alpha value is -1.68. The van der Waals surface area contributed by atoms with Crippen molar-refractivity contribution in [2.45, 2.75) is 50.5 Å². The predicted octanol–water partition coefficient (Wildman–Crippen LogP) is 2.90. The summed E-state index contributed by atoms with van der Waals surface area (Å²) in [5.74, 6) is -2.33. The lowest BCUT2D eigenvalue weighted by molar-refractivity contribution is -0.189. The molecule has 0 bridgehead atoms. The van der Waals surface area contributed by atoms with E-state index in [9.17, 15) is 35.9 Å². The van der Waals surface area contributed by atoms with Crippen molar-refractivity contribution in [1.29, 1.82) is 0 Å². The molecule has 1 aliphatic carbocycles. The highest BCUT2D eigenvalue weighted by Crippen LogP contribution is 2.37. The zero-order chi connectivity index (χ0) is 18.4. The largest absolute Gasteiger partial charge is 0.440 e. The highest BCUT2D eigenvalue weighted by atomic mass is 19.4. The lowest BCUT2D eigenvalue weighted by Gasteiger charge is -2.33. The van der Waals surface area contributed by atoms with Crippen LogP contribution in [0.15, 0.2) is 0 Å². The van der Waals surface area contributed by atoms with Crippen LogP contribution in [0.2, 0.25) is 0 Å². The van der Waals surface area contributed by atoms with Gasteiger partial charge in [-0.1, -0.05) is 12.8 Å². The molecule has 0 aliphatic heterocycles. The maximum atomic E-state index is 12.9. The van der Waals surface area contributed by atoms with E-state index in [1.54, 1.807) is 0 Å². The van der Waals surface area contributed by atoms with Gasteiger partial charge in [-0.25, -0.2) is 4.79 Å². The molecule has 11 heteroatoms. The number of hydrogen-bond donors (Lipinski definition) is 2. The van der Waals surface area contributed by atoms with Crippen molar-refractivity contribution in [1.82, 2.24) is 10.6 Å². The van der Waals surface area contributed by atoms with Crippen molar-refractivity contribution in [2.24, 2.45) is 5.92 Å². The molecule has 0 unspecified atom stereocenters. The summed E-state index contributed by atoms with van der Waals surface area (Å²) in [5, 5.41) is 4.20. The molecule has 0 heterocycles. The van der Waals surface area contributed by atoms with Crippen LogP contribution in [-0.2, 0) is 9.53 Å². The van der Waals surface area contributed by atoms with Crippen LogP contribution in [0.3, 0.4) is 0 Å². The molecule has 0 radical (unpaired) electrons. The first-order valence-electron chi connectivity index (χ1n) is 7.32. The minimum atomic E-state index is -4.66. The van der Waals surface area contributed by atoms with Gasteiger partial charge in [0.25, 0.3) is 0 Å². The minimum absolute atomic E-state index is 0.0591. The fraction of sp³-hybridized carbons (Fsp3) is 0.846. The summed E-state index contributed by atoms with van der Waals surface area (Å²) < 4.78 is 77.8. The summed E-state index contributed by atoms with van der Waals surface area (Å²) in [5.41, 5.74) is 0. The van der Waals surface area contributed by atoms with Gasteiger partial charge in [0.1, 0.15) is 0 Å². The maximum Gasteiger partial charge on any atom is 0.422 e. The predicted molar refractivity (Wildman–Crippen MR) is 70.0 cm³/mol. The van der Waals surface area contributed by atoms with E-state index in [2.05, 4.69) is 10.1 Å². The zero-order valence-electron chi connectivity index (χ0n) is 12.6. The molecule has 1 fully saturated rings. The third-order valence-corrected chi connectivity index (χ3v) is 3.52. The van der Waals surface area contributed by atoms with Gasteiger partial charge >= 0.3 is 18.4 Å². The average molecular weight is 364 g/mol. The number of carbonyl (C=O) groups excluding carboxylic acids is 2. The summed E-state index contributed by atoms with van der Waals surface area (Å²) in [4.78, 5) is 22.6. The first kappa shape index (κ1) is 20.4. The second kappa shape index (κ2) is 8.43. The molecule has 1 saturated carbocycles. The molecule has 140 valence electrons. The van der Waals surface area contributed by atoms with Crippen molar-refractivity contribution < 1.29 is 40.7 Å².